The van der Waals surface area contributed by atoms with Crippen molar-refractivity contribution in [1.82, 2.24) is 0 Å². The lowest BCUT2D eigenvalue weighted by atomic mass is 9.81. The number of hydrogen-bond donors (Lipinski definition) is 1. The molecule has 0 aromatic heterocycles. The van der Waals surface area contributed by atoms with Gasteiger partial charge in [0.2, 0.25) is 0 Å². The van der Waals surface area contributed by atoms with Gasteiger partial charge in [-0.15, -0.1) is 0 Å². The highest BCUT2D eigenvalue weighted by molar-refractivity contribution is 5.30. The van der Waals surface area contributed by atoms with Gasteiger partial charge in [-0.25, -0.2) is 0 Å². The van der Waals surface area contributed by atoms with Gasteiger partial charge < -0.3 is 9.84 Å². The predicted molar refractivity (Wildman–Crippen MR) is 73.5 cm³/mol. The summed E-state index contributed by atoms with van der Waals surface area (Å²) in [6.07, 6.45) is -0.0880. The van der Waals surface area contributed by atoms with Gasteiger partial charge in [0.1, 0.15) is 0 Å². The third-order valence-electron chi connectivity index (χ3n) is 4.27. The van der Waals surface area contributed by atoms with Crippen LogP contribution in [0.3, 0.4) is 0 Å². The van der Waals surface area contributed by atoms with Gasteiger partial charge in [-0.3, -0.25) is 0 Å². The lowest BCUT2D eigenvalue weighted by Crippen LogP contribution is -2.25. The van der Waals surface area contributed by atoms with E-state index in [0.29, 0.717) is 5.92 Å². The molecule has 0 radical (unpaired) electrons. The molecule has 1 aromatic carbocycles. The lowest BCUT2D eigenvalue weighted by Gasteiger charge is -2.25. The number of aryl methyl sites for hydroxylation is 2. The maximum Gasteiger partial charge on any atom is 0.0846 e. The van der Waals surface area contributed by atoms with Crippen molar-refractivity contribution in [2.24, 2.45) is 11.8 Å². The first-order chi connectivity index (χ1) is 8.40. The van der Waals surface area contributed by atoms with Crippen LogP contribution in [0.1, 0.15) is 43.6 Å². The number of benzene rings is 1. The van der Waals surface area contributed by atoms with Crippen molar-refractivity contribution in [3.63, 3.8) is 0 Å². The van der Waals surface area contributed by atoms with Gasteiger partial charge in [-0.1, -0.05) is 36.2 Å². The average molecular weight is 248 g/mol. The first kappa shape index (κ1) is 13.6. The number of hydrogen-bond acceptors (Lipinski definition) is 2. The van der Waals surface area contributed by atoms with Crippen molar-refractivity contribution in [1.29, 1.82) is 0 Å². The summed E-state index contributed by atoms with van der Waals surface area (Å²) < 4.78 is 5.83. The van der Waals surface area contributed by atoms with E-state index in [1.54, 1.807) is 0 Å². The van der Waals surface area contributed by atoms with Crippen molar-refractivity contribution in [3.8, 4) is 0 Å². The third kappa shape index (κ3) is 2.45. The molecule has 2 nitrogen and oxygen atoms in total. The van der Waals surface area contributed by atoms with Gasteiger partial charge in [0.25, 0.3) is 0 Å². The molecule has 0 saturated carbocycles. The largest absolute Gasteiger partial charge is 0.388 e. The minimum absolute atomic E-state index is 0.116. The fourth-order valence-corrected chi connectivity index (χ4v) is 3.24. The first-order valence-corrected chi connectivity index (χ1v) is 6.82. The molecule has 1 heterocycles. The fourth-order valence-electron chi connectivity index (χ4n) is 3.24. The lowest BCUT2D eigenvalue weighted by molar-refractivity contribution is 0.0231. The molecule has 18 heavy (non-hydrogen) atoms. The Kier molecular flexibility index (Phi) is 3.79. The Morgan fingerprint density at radius 3 is 2.00 bits per heavy atom. The van der Waals surface area contributed by atoms with Crippen LogP contribution in [0, 0.1) is 25.7 Å². The van der Waals surface area contributed by atoms with E-state index in [2.05, 4.69) is 52.8 Å². The molecule has 1 N–H and O–H groups in total. The van der Waals surface area contributed by atoms with Crippen LogP contribution >= 0.6 is 0 Å². The Balaban J connectivity index is 2.28. The van der Waals surface area contributed by atoms with Crippen LogP contribution in [0.15, 0.2) is 18.2 Å². The summed E-state index contributed by atoms with van der Waals surface area (Å²) in [4.78, 5) is 0. The molecule has 0 amide bonds. The van der Waals surface area contributed by atoms with Crippen LogP contribution in [-0.4, -0.2) is 17.3 Å². The Bertz CT molecular complexity index is 407. The molecule has 2 rings (SSSR count). The molecular formula is C16H24O2. The minimum atomic E-state index is -0.432. The highest BCUT2D eigenvalue weighted by atomic mass is 16.5. The van der Waals surface area contributed by atoms with E-state index in [-0.39, 0.29) is 18.1 Å². The SMILES string of the molecule is Cc1cc(C)cc(C(O)C2C(C)OC(C)C2C)c1. The molecular weight excluding hydrogens is 224 g/mol. The summed E-state index contributed by atoms with van der Waals surface area (Å²) >= 11 is 0. The summed E-state index contributed by atoms with van der Waals surface area (Å²) in [5.74, 6) is 0.567. The third-order valence-corrected chi connectivity index (χ3v) is 4.27. The highest BCUT2D eigenvalue weighted by Crippen LogP contribution is 2.40. The topological polar surface area (TPSA) is 29.5 Å². The van der Waals surface area contributed by atoms with Crippen molar-refractivity contribution >= 4 is 0 Å². The van der Waals surface area contributed by atoms with E-state index in [1.807, 2.05) is 0 Å². The van der Waals surface area contributed by atoms with Crippen LogP contribution < -0.4 is 0 Å². The van der Waals surface area contributed by atoms with Crippen LogP contribution in [-0.2, 0) is 4.74 Å². The number of aliphatic hydroxyl groups is 1. The average Bonchev–Trinajstić information content (AvgIpc) is 2.51. The van der Waals surface area contributed by atoms with Crippen LogP contribution in [0.25, 0.3) is 0 Å². The van der Waals surface area contributed by atoms with Gasteiger partial charge in [0.15, 0.2) is 0 Å². The Morgan fingerprint density at radius 1 is 1.00 bits per heavy atom. The van der Waals surface area contributed by atoms with Gasteiger partial charge in [0.05, 0.1) is 18.3 Å². The van der Waals surface area contributed by atoms with Gasteiger partial charge >= 0.3 is 0 Å². The normalized spacial score (nSPS) is 33.7. The maximum atomic E-state index is 10.6. The van der Waals surface area contributed by atoms with Crippen molar-refractivity contribution in [2.75, 3.05) is 0 Å². The first-order valence-electron chi connectivity index (χ1n) is 6.82. The van der Waals surface area contributed by atoms with Gasteiger partial charge in [-0.05, 0) is 39.2 Å². The van der Waals surface area contributed by atoms with Crippen molar-refractivity contribution in [3.05, 3.63) is 34.9 Å². The molecule has 1 aliphatic heterocycles. The predicted octanol–water partition coefficient (Wildman–Crippen LogP) is 3.40. The summed E-state index contributed by atoms with van der Waals surface area (Å²) in [5.41, 5.74) is 3.43. The zero-order chi connectivity index (χ0) is 13.4. The Hall–Kier alpha value is -0.860. The second kappa shape index (κ2) is 5.02. The van der Waals surface area contributed by atoms with E-state index >= 15 is 0 Å². The highest BCUT2D eigenvalue weighted by Gasteiger charge is 2.41. The monoisotopic (exact) mass is 248 g/mol. The summed E-state index contributed by atoms with van der Waals surface area (Å²) in [7, 11) is 0. The van der Waals surface area contributed by atoms with Crippen LogP contribution in [0.2, 0.25) is 0 Å². The fraction of sp³-hybridized carbons (Fsp3) is 0.625. The molecule has 0 bridgehead atoms. The standard InChI is InChI=1S/C16H24O2/c1-9-6-10(2)8-14(7-9)16(17)15-11(3)12(4)18-13(15)5/h6-8,11-13,15-17H,1-5H3. The van der Waals surface area contributed by atoms with Crippen LogP contribution in [0.4, 0.5) is 0 Å². The summed E-state index contributed by atoms with van der Waals surface area (Å²) in [6, 6.07) is 6.30. The smallest absolute Gasteiger partial charge is 0.0846 e. The second-order valence-electron chi connectivity index (χ2n) is 5.85. The van der Waals surface area contributed by atoms with E-state index in [1.165, 1.54) is 11.1 Å². The van der Waals surface area contributed by atoms with Gasteiger partial charge in [-0.2, -0.15) is 0 Å². The molecule has 1 fully saturated rings. The maximum absolute atomic E-state index is 10.6. The molecule has 1 aromatic rings. The van der Waals surface area contributed by atoms with E-state index in [0.717, 1.165) is 5.56 Å². The van der Waals surface area contributed by atoms with E-state index < -0.39 is 6.10 Å². The molecule has 5 unspecified atom stereocenters. The number of aliphatic hydroxyl groups excluding tert-OH is 1. The van der Waals surface area contributed by atoms with E-state index in [9.17, 15) is 5.11 Å². The Labute approximate surface area is 110 Å². The zero-order valence-corrected chi connectivity index (χ0v) is 12.0. The van der Waals surface area contributed by atoms with Crippen molar-refractivity contribution < 1.29 is 9.84 Å². The quantitative estimate of drug-likeness (QED) is 0.869. The molecule has 100 valence electrons. The van der Waals surface area contributed by atoms with Gasteiger partial charge in [0, 0.05) is 5.92 Å². The number of ether oxygens (including phenoxy) is 1. The molecule has 1 aliphatic rings. The molecule has 1 saturated heterocycles. The second-order valence-corrected chi connectivity index (χ2v) is 5.85. The molecule has 0 aliphatic carbocycles. The van der Waals surface area contributed by atoms with Crippen molar-refractivity contribution in [2.45, 2.75) is 52.9 Å². The molecule has 0 spiro atoms. The molecule has 2 heteroatoms. The summed E-state index contributed by atoms with van der Waals surface area (Å²) in [5, 5.41) is 10.6. The molecule has 5 atom stereocenters. The summed E-state index contributed by atoms with van der Waals surface area (Å²) in [6.45, 7) is 10.5. The Morgan fingerprint density at radius 2 is 1.56 bits per heavy atom. The number of rotatable bonds is 2. The van der Waals surface area contributed by atoms with E-state index in [4.69, 9.17) is 4.74 Å². The minimum Gasteiger partial charge on any atom is -0.388 e. The van der Waals surface area contributed by atoms with Crippen LogP contribution in [0.5, 0.6) is 0 Å². The zero-order valence-electron chi connectivity index (χ0n) is 12.0.